The van der Waals surface area contributed by atoms with Crippen molar-refractivity contribution in [2.75, 3.05) is 31.5 Å². The van der Waals surface area contributed by atoms with Gasteiger partial charge in [0.05, 0.1) is 6.54 Å². The zero-order valence-electron chi connectivity index (χ0n) is 11.5. The molecule has 0 radical (unpaired) electrons. The quantitative estimate of drug-likeness (QED) is 0.754. The molecular formula is C15H23N3O. The number of hydrogen-bond donors (Lipinski definition) is 3. The van der Waals surface area contributed by atoms with E-state index in [1.165, 1.54) is 0 Å². The van der Waals surface area contributed by atoms with E-state index < -0.39 is 0 Å². The Morgan fingerprint density at radius 1 is 1.26 bits per heavy atom. The smallest absolute Gasteiger partial charge is 0.239 e. The molecule has 0 saturated carbocycles. The van der Waals surface area contributed by atoms with E-state index in [-0.39, 0.29) is 11.3 Å². The molecule has 4 heteroatoms. The number of carbonyl (C=O) groups is 1. The molecule has 1 aromatic rings. The van der Waals surface area contributed by atoms with E-state index in [1.54, 1.807) is 0 Å². The van der Waals surface area contributed by atoms with Gasteiger partial charge in [-0.1, -0.05) is 25.1 Å². The van der Waals surface area contributed by atoms with Crippen LogP contribution in [0.2, 0.25) is 0 Å². The van der Waals surface area contributed by atoms with E-state index in [0.717, 1.165) is 38.2 Å². The summed E-state index contributed by atoms with van der Waals surface area (Å²) in [4.78, 5) is 11.8. The summed E-state index contributed by atoms with van der Waals surface area (Å²) >= 11 is 0. The van der Waals surface area contributed by atoms with E-state index in [0.29, 0.717) is 6.54 Å². The molecule has 4 nitrogen and oxygen atoms in total. The lowest BCUT2D eigenvalue weighted by molar-refractivity contribution is -0.119. The van der Waals surface area contributed by atoms with Crippen molar-refractivity contribution in [1.82, 2.24) is 10.6 Å². The summed E-state index contributed by atoms with van der Waals surface area (Å²) in [5.74, 6) is 0.0589. The van der Waals surface area contributed by atoms with Crippen molar-refractivity contribution >= 4 is 11.6 Å². The molecule has 1 saturated heterocycles. The summed E-state index contributed by atoms with van der Waals surface area (Å²) < 4.78 is 0. The van der Waals surface area contributed by atoms with Crippen molar-refractivity contribution < 1.29 is 4.79 Å². The number of benzene rings is 1. The number of rotatable bonds is 5. The van der Waals surface area contributed by atoms with Crippen LogP contribution in [0.3, 0.4) is 0 Å². The summed E-state index contributed by atoms with van der Waals surface area (Å²) in [6, 6.07) is 9.79. The van der Waals surface area contributed by atoms with Gasteiger partial charge >= 0.3 is 0 Å². The topological polar surface area (TPSA) is 53.2 Å². The number of nitrogens with one attached hydrogen (secondary N) is 3. The van der Waals surface area contributed by atoms with Crippen LogP contribution in [0, 0.1) is 5.41 Å². The van der Waals surface area contributed by atoms with Crippen molar-refractivity contribution in [3.8, 4) is 0 Å². The molecule has 0 spiro atoms. The maximum atomic E-state index is 11.8. The fourth-order valence-electron chi connectivity index (χ4n) is 2.32. The van der Waals surface area contributed by atoms with Gasteiger partial charge in [-0.3, -0.25) is 4.79 Å². The molecule has 2 rings (SSSR count). The third-order valence-electron chi connectivity index (χ3n) is 3.75. The largest absolute Gasteiger partial charge is 0.376 e. The molecule has 1 heterocycles. The van der Waals surface area contributed by atoms with Gasteiger partial charge in [-0.2, -0.15) is 0 Å². The van der Waals surface area contributed by atoms with Gasteiger partial charge in [0.25, 0.3) is 0 Å². The lowest BCUT2D eigenvalue weighted by Gasteiger charge is -2.34. The summed E-state index contributed by atoms with van der Waals surface area (Å²) in [7, 11) is 0. The molecule has 1 aliphatic heterocycles. The second kappa shape index (κ2) is 6.57. The Labute approximate surface area is 115 Å². The van der Waals surface area contributed by atoms with Crippen LogP contribution in [0.25, 0.3) is 0 Å². The Bertz CT molecular complexity index is 399. The number of para-hydroxylation sites is 1. The standard InChI is InChI=1S/C15H23N3O/c1-15(7-9-16-10-8-15)12-18-14(19)11-17-13-5-3-2-4-6-13/h2-6,16-17H,7-12H2,1H3,(H,18,19). The van der Waals surface area contributed by atoms with Crippen molar-refractivity contribution in [3.63, 3.8) is 0 Å². The van der Waals surface area contributed by atoms with E-state index in [9.17, 15) is 4.79 Å². The molecule has 0 bridgehead atoms. The first-order valence-corrected chi connectivity index (χ1v) is 6.94. The third-order valence-corrected chi connectivity index (χ3v) is 3.75. The maximum Gasteiger partial charge on any atom is 0.239 e. The second-order valence-corrected chi connectivity index (χ2v) is 5.56. The molecule has 1 aromatic carbocycles. The molecule has 1 fully saturated rings. The molecular weight excluding hydrogens is 238 g/mol. The minimum atomic E-state index is 0.0589. The Morgan fingerprint density at radius 3 is 2.63 bits per heavy atom. The average Bonchev–Trinajstić information content (AvgIpc) is 2.45. The van der Waals surface area contributed by atoms with Gasteiger partial charge in [-0.05, 0) is 43.5 Å². The minimum Gasteiger partial charge on any atom is -0.376 e. The number of hydrogen-bond acceptors (Lipinski definition) is 3. The highest BCUT2D eigenvalue weighted by molar-refractivity contribution is 5.80. The summed E-state index contributed by atoms with van der Waals surface area (Å²) in [5.41, 5.74) is 1.22. The Hall–Kier alpha value is -1.55. The van der Waals surface area contributed by atoms with Gasteiger partial charge in [-0.15, -0.1) is 0 Å². The average molecular weight is 261 g/mol. The van der Waals surface area contributed by atoms with E-state index in [2.05, 4.69) is 22.9 Å². The van der Waals surface area contributed by atoms with E-state index in [1.807, 2.05) is 30.3 Å². The van der Waals surface area contributed by atoms with Crippen LogP contribution < -0.4 is 16.0 Å². The fraction of sp³-hybridized carbons (Fsp3) is 0.533. The van der Waals surface area contributed by atoms with Crippen LogP contribution in [0.15, 0.2) is 30.3 Å². The first-order chi connectivity index (χ1) is 9.18. The predicted octanol–water partition coefficient (Wildman–Crippen LogP) is 1.60. The normalized spacial score (nSPS) is 17.7. The summed E-state index contributed by atoms with van der Waals surface area (Å²) in [6.07, 6.45) is 2.25. The highest BCUT2D eigenvalue weighted by Crippen LogP contribution is 2.26. The van der Waals surface area contributed by atoms with Crippen molar-refractivity contribution in [2.45, 2.75) is 19.8 Å². The predicted molar refractivity (Wildman–Crippen MR) is 78.2 cm³/mol. The second-order valence-electron chi connectivity index (χ2n) is 5.56. The zero-order chi connectivity index (χ0) is 13.6. The van der Waals surface area contributed by atoms with Crippen LogP contribution >= 0.6 is 0 Å². The van der Waals surface area contributed by atoms with Gasteiger partial charge in [0.1, 0.15) is 0 Å². The van der Waals surface area contributed by atoms with Gasteiger partial charge in [0.15, 0.2) is 0 Å². The first kappa shape index (κ1) is 13.9. The molecule has 0 unspecified atom stereocenters. The minimum absolute atomic E-state index is 0.0589. The van der Waals surface area contributed by atoms with E-state index >= 15 is 0 Å². The fourth-order valence-corrected chi connectivity index (χ4v) is 2.32. The Balaban J connectivity index is 1.70. The number of carbonyl (C=O) groups excluding carboxylic acids is 1. The van der Waals surface area contributed by atoms with E-state index in [4.69, 9.17) is 0 Å². The lowest BCUT2D eigenvalue weighted by Crippen LogP contribution is -2.44. The SMILES string of the molecule is CC1(CNC(=O)CNc2ccccc2)CCNCC1. The molecule has 19 heavy (non-hydrogen) atoms. The van der Waals surface area contributed by atoms with Gasteiger partial charge in [0.2, 0.25) is 5.91 Å². The molecule has 1 amide bonds. The Kier molecular flexibility index (Phi) is 4.80. The lowest BCUT2D eigenvalue weighted by atomic mass is 9.81. The van der Waals surface area contributed by atoms with Crippen LogP contribution in [-0.4, -0.2) is 32.1 Å². The number of anilines is 1. The van der Waals surface area contributed by atoms with Crippen LogP contribution in [0.1, 0.15) is 19.8 Å². The number of amides is 1. The van der Waals surface area contributed by atoms with Gasteiger partial charge in [-0.25, -0.2) is 0 Å². The van der Waals surface area contributed by atoms with Crippen LogP contribution in [-0.2, 0) is 4.79 Å². The monoisotopic (exact) mass is 261 g/mol. The molecule has 3 N–H and O–H groups in total. The van der Waals surface area contributed by atoms with Crippen molar-refractivity contribution in [3.05, 3.63) is 30.3 Å². The highest BCUT2D eigenvalue weighted by Gasteiger charge is 2.26. The molecule has 0 atom stereocenters. The number of piperidine rings is 1. The van der Waals surface area contributed by atoms with Crippen LogP contribution in [0.4, 0.5) is 5.69 Å². The molecule has 104 valence electrons. The molecule has 1 aliphatic rings. The molecule has 0 aromatic heterocycles. The van der Waals surface area contributed by atoms with Gasteiger partial charge in [0, 0.05) is 12.2 Å². The van der Waals surface area contributed by atoms with Crippen molar-refractivity contribution in [1.29, 1.82) is 0 Å². The highest BCUT2D eigenvalue weighted by atomic mass is 16.1. The van der Waals surface area contributed by atoms with Crippen molar-refractivity contribution in [2.24, 2.45) is 5.41 Å². The summed E-state index contributed by atoms with van der Waals surface area (Å²) in [6.45, 7) is 5.45. The molecule has 0 aliphatic carbocycles. The van der Waals surface area contributed by atoms with Crippen LogP contribution in [0.5, 0.6) is 0 Å². The first-order valence-electron chi connectivity index (χ1n) is 6.94. The maximum absolute atomic E-state index is 11.8. The Morgan fingerprint density at radius 2 is 1.95 bits per heavy atom. The summed E-state index contributed by atoms with van der Waals surface area (Å²) in [5, 5.41) is 9.50. The zero-order valence-corrected chi connectivity index (χ0v) is 11.5. The van der Waals surface area contributed by atoms with Gasteiger partial charge < -0.3 is 16.0 Å². The third kappa shape index (κ3) is 4.56.